The Balaban J connectivity index is 1.69. The molecule has 2 saturated heterocycles. The van der Waals surface area contributed by atoms with Gasteiger partial charge in [-0.1, -0.05) is 19.0 Å². The molecule has 2 aliphatic heterocycles. The van der Waals surface area contributed by atoms with Crippen LogP contribution in [0, 0.1) is 0 Å². The third-order valence-corrected chi connectivity index (χ3v) is 4.65. The molecule has 1 amide bonds. The number of nitrogens with one attached hydrogen (secondary N) is 1. The van der Waals surface area contributed by atoms with E-state index in [9.17, 15) is 4.79 Å². The van der Waals surface area contributed by atoms with E-state index in [1.807, 2.05) is 25.8 Å². The van der Waals surface area contributed by atoms with Crippen molar-refractivity contribution in [3.63, 3.8) is 0 Å². The van der Waals surface area contributed by atoms with Crippen LogP contribution in [0.15, 0.2) is 10.6 Å². The molecule has 0 aliphatic carbocycles. The van der Waals surface area contributed by atoms with Crippen LogP contribution in [0.3, 0.4) is 0 Å². The van der Waals surface area contributed by atoms with Gasteiger partial charge >= 0.3 is 0 Å². The van der Waals surface area contributed by atoms with E-state index in [1.54, 1.807) is 6.07 Å². The fraction of sp³-hybridized carbons (Fsp3) is 0.733. The molecule has 0 saturated carbocycles. The standard InChI is InChI=1S/C15H23N3O2/c1-9(2)13-8-14(20-17-13)15(19)18(3)12-6-10-4-5-11(7-12)16-10/h8-12,16H,4-7H2,1-3H3. The highest BCUT2D eigenvalue weighted by Crippen LogP contribution is 2.30. The number of amides is 1. The van der Waals surface area contributed by atoms with Crippen LogP contribution < -0.4 is 5.32 Å². The van der Waals surface area contributed by atoms with E-state index in [4.69, 9.17) is 4.52 Å². The first-order valence-corrected chi connectivity index (χ1v) is 7.54. The number of aromatic nitrogens is 1. The van der Waals surface area contributed by atoms with E-state index in [1.165, 1.54) is 12.8 Å². The Morgan fingerprint density at radius 3 is 2.60 bits per heavy atom. The number of fused-ring (bicyclic) bond motifs is 2. The molecule has 110 valence electrons. The average Bonchev–Trinajstić information content (AvgIpc) is 3.04. The Morgan fingerprint density at radius 1 is 1.40 bits per heavy atom. The fourth-order valence-electron chi connectivity index (χ4n) is 3.34. The van der Waals surface area contributed by atoms with Gasteiger partial charge < -0.3 is 14.7 Å². The third kappa shape index (κ3) is 2.46. The summed E-state index contributed by atoms with van der Waals surface area (Å²) in [7, 11) is 1.88. The summed E-state index contributed by atoms with van der Waals surface area (Å²) in [6.45, 7) is 4.08. The Morgan fingerprint density at radius 2 is 2.05 bits per heavy atom. The molecule has 1 N–H and O–H groups in total. The van der Waals surface area contributed by atoms with Crippen LogP contribution in [0.2, 0.25) is 0 Å². The first-order chi connectivity index (χ1) is 9.54. The molecule has 3 rings (SSSR count). The Labute approximate surface area is 119 Å². The summed E-state index contributed by atoms with van der Waals surface area (Å²) in [5, 5.41) is 7.57. The topological polar surface area (TPSA) is 58.4 Å². The Bertz CT molecular complexity index is 485. The number of carbonyl (C=O) groups excluding carboxylic acids is 1. The highest BCUT2D eigenvalue weighted by molar-refractivity contribution is 5.91. The molecule has 2 unspecified atom stereocenters. The van der Waals surface area contributed by atoms with E-state index >= 15 is 0 Å². The minimum absolute atomic E-state index is 0.0456. The summed E-state index contributed by atoms with van der Waals surface area (Å²) in [6.07, 6.45) is 4.57. The van der Waals surface area contributed by atoms with Gasteiger partial charge in [0.1, 0.15) is 0 Å². The van der Waals surface area contributed by atoms with E-state index in [0.29, 0.717) is 23.9 Å². The highest BCUT2D eigenvalue weighted by Gasteiger charge is 2.37. The van der Waals surface area contributed by atoms with Crippen LogP contribution in [-0.2, 0) is 0 Å². The van der Waals surface area contributed by atoms with Crippen LogP contribution in [0.1, 0.15) is 61.7 Å². The zero-order valence-electron chi connectivity index (χ0n) is 12.4. The SMILES string of the molecule is CC(C)c1cc(C(=O)N(C)C2CC3CCC(C2)N3)on1. The Hall–Kier alpha value is -1.36. The number of hydrogen-bond acceptors (Lipinski definition) is 4. The van der Waals surface area contributed by atoms with Crippen LogP contribution in [0.5, 0.6) is 0 Å². The number of nitrogens with zero attached hydrogens (tertiary/aromatic N) is 2. The third-order valence-electron chi connectivity index (χ3n) is 4.65. The van der Waals surface area contributed by atoms with Gasteiger partial charge in [-0.2, -0.15) is 0 Å². The number of carbonyl (C=O) groups is 1. The summed E-state index contributed by atoms with van der Waals surface area (Å²) < 4.78 is 5.21. The number of rotatable bonds is 3. The maximum absolute atomic E-state index is 12.5. The van der Waals surface area contributed by atoms with Gasteiger partial charge in [0.15, 0.2) is 0 Å². The molecule has 2 fully saturated rings. The largest absolute Gasteiger partial charge is 0.351 e. The molecule has 0 spiro atoms. The highest BCUT2D eigenvalue weighted by atomic mass is 16.5. The van der Waals surface area contributed by atoms with Crippen molar-refractivity contribution >= 4 is 5.91 Å². The van der Waals surface area contributed by atoms with Crippen molar-refractivity contribution in [2.75, 3.05) is 7.05 Å². The van der Waals surface area contributed by atoms with E-state index < -0.39 is 0 Å². The average molecular weight is 277 g/mol. The molecular weight excluding hydrogens is 254 g/mol. The van der Waals surface area contributed by atoms with Gasteiger partial charge in [-0.25, -0.2) is 0 Å². The lowest BCUT2D eigenvalue weighted by Crippen LogP contribution is -2.48. The first kappa shape index (κ1) is 13.6. The summed E-state index contributed by atoms with van der Waals surface area (Å²) in [4.78, 5) is 14.3. The van der Waals surface area contributed by atoms with Crippen LogP contribution >= 0.6 is 0 Å². The van der Waals surface area contributed by atoms with E-state index in [0.717, 1.165) is 18.5 Å². The zero-order chi connectivity index (χ0) is 14.3. The molecule has 1 aromatic heterocycles. The lowest BCUT2D eigenvalue weighted by atomic mass is 9.98. The lowest BCUT2D eigenvalue weighted by molar-refractivity contribution is 0.0640. The zero-order valence-corrected chi connectivity index (χ0v) is 12.4. The lowest BCUT2D eigenvalue weighted by Gasteiger charge is -2.35. The molecule has 1 aromatic rings. The van der Waals surface area contributed by atoms with Crippen molar-refractivity contribution in [3.05, 3.63) is 17.5 Å². The smallest absolute Gasteiger partial charge is 0.292 e. The minimum Gasteiger partial charge on any atom is -0.351 e. The maximum Gasteiger partial charge on any atom is 0.292 e. The van der Waals surface area contributed by atoms with E-state index in [-0.39, 0.29) is 11.8 Å². The van der Waals surface area contributed by atoms with Gasteiger partial charge in [-0.05, 0) is 31.6 Å². The van der Waals surface area contributed by atoms with Crippen molar-refractivity contribution in [1.29, 1.82) is 0 Å². The second-order valence-corrected chi connectivity index (χ2v) is 6.45. The minimum atomic E-state index is -0.0456. The normalized spacial score (nSPS) is 28.9. The fourth-order valence-corrected chi connectivity index (χ4v) is 3.34. The molecule has 5 heteroatoms. The molecule has 3 heterocycles. The number of hydrogen-bond donors (Lipinski definition) is 1. The molecule has 0 radical (unpaired) electrons. The van der Waals surface area contributed by atoms with E-state index in [2.05, 4.69) is 10.5 Å². The maximum atomic E-state index is 12.5. The van der Waals surface area contributed by atoms with Gasteiger partial charge in [0.25, 0.3) is 5.91 Å². The van der Waals surface area contributed by atoms with Gasteiger partial charge in [0.05, 0.1) is 5.69 Å². The predicted molar refractivity (Wildman–Crippen MR) is 75.7 cm³/mol. The monoisotopic (exact) mass is 277 g/mol. The van der Waals surface area contributed by atoms with Crippen molar-refractivity contribution in [1.82, 2.24) is 15.4 Å². The van der Waals surface area contributed by atoms with Gasteiger partial charge in [0.2, 0.25) is 5.76 Å². The van der Waals surface area contributed by atoms with Crippen molar-refractivity contribution in [3.8, 4) is 0 Å². The van der Waals surface area contributed by atoms with Crippen molar-refractivity contribution in [2.24, 2.45) is 0 Å². The molecule has 2 atom stereocenters. The van der Waals surface area contributed by atoms with Gasteiger partial charge in [-0.15, -0.1) is 0 Å². The summed E-state index contributed by atoms with van der Waals surface area (Å²) in [6, 6.07) is 3.25. The predicted octanol–water partition coefficient (Wildman–Crippen LogP) is 2.15. The first-order valence-electron chi connectivity index (χ1n) is 7.54. The summed E-state index contributed by atoms with van der Waals surface area (Å²) in [5.41, 5.74) is 0.840. The second kappa shape index (κ2) is 5.20. The van der Waals surface area contributed by atoms with Crippen LogP contribution in [0.4, 0.5) is 0 Å². The van der Waals surface area contributed by atoms with Crippen molar-refractivity contribution < 1.29 is 9.32 Å². The second-order valence-electron chi connectivity index (χ2n) is 6.45. The Kier molecular flexibility index (Phi) is 3.54. The summed E-state index contributed by atoms with van der Waals surface area (Å²) in [5.74, 6) is 0.595. The molecule has 2 aliphatic rings. The molecule has 0 aromatic carbocycles. The number of piperidine rings is 1. The summed E-state index contributed by atoms with van der Waals surface area (Å²) >= 11 is 0. The van der Waals surface area contributed by atoms with Gasteiger partial charge in [0, 0.05) is 31.2 Å². The van der Waals surface area contributed by atoms with Crippen molar-refractivity contribution in [2.45, 2.75) is 63.6 Å². The molecule has 2 bridgehead atoms. The molecular formula is C15H23N3O2. The molecule has 5 nitrogen and oxygen atoms in total. The van der Waals surface area contributed by atoms with Crippen LogP contribution in [0.25, 0.3) is 0 Å². The quantitative estimate of drug-likeness (QED) is 0.919. The van der Waals surface area contributed by atoms with Gasteiger partial charge in [-0.3, -0.25) is 4.79 Å². The van der Waals surface area contributed by atoms with Crippen LogP contribution in [-0.4, -0.2) is 41.1 Å². The molecule has 20 heavy (non-hydrogen) atoms.